The lowest BCUT2D eigenvalue weighted by molar-refractivity contribution is -0.141. The van der Waals surface area contributed by atoms with Gasteiger partial charge in [0.15, 0.2) is 9.84 Å². The summed E-state index contributed by atoms with van der Waals surface area (Å²) in [6, 6.07) is 8.07. The molecule has 1 fully saturated rings. The topological polar surface area (TPSA) is 101 Å². The zero-order chi connectivity index (χ0) is 16.2. The van der Waals surface area contributed by atoms with Crippen LogP contribution >= 0.6 is 0 Å². The van der Waals surface area contributed by atoms with Crippen LogP contribution < -0.4 is 5.32 Å². The number of amides is 1. The predicted octanol–water partition coefficient (Wildman–Crippen LogP) is 1.08. The third kappa shape index (κ3) is 4.07. The molecular formula is C15H19NO5S. The van der Waals surface area contributed by atoms with E-state index in [-0.39, 0.29) is 29.0 Å². The lowest BCUT2D eigenvalue weighted by Gasteiger charge is -2.11. The number of rotatable bonds is 6. The molecule has 1 aromatic rings. The predicted molar refractivity (Wildman–Crippen MR) is 80.0 cm³/mol. The SMILES string of the molecule is O=C(O)[C@@H]1CC[C@H](C(=O)NCCS(=O)(=O)c2ccccc2)C1. The van der Waals surface area contributed by atoms with Crippen LogP contribution in [0.25, 0.3) is 0 Å². The van der Waals surface area contributed by atoms with Crippen LogP contribution in [0.1, 0.15) is 19.3 Å². The van der Waals surface area contributed by atoms with Gasteiger partial charge in [0, 0.05) is 12.5 Å². The maximum absolute atomic E-state index is 12.0. The second kappa shape index (κ2) is 6.91. The number of carboxylic acid groups (broad SMARTS) is 1. The van der Waals surface area contributed by atoms with E-state index in [1.807, 2.05) is 0 Å². The van der Waals surface area contributed by atoms with E-state index in [0.29, 0.717) is 19.3 Å². The van der Waals surface area contributed by atoms with Gasteiger partial charge in [-0.1, -0.05) is 18.2 Å². The normalized spacial score (nSPS) is 21.5. The van der Waals surface area contributed by atoms with Crippen molar-refractivity contribution in [2.45, 2.75) is 24.2 Å². The monoisotopic (exact) mass is 325 g/mol. The summed E-state index contributed by atoms with van der Waals surface area (Å²) in [5.41, 5.74) is 0. The Labute approximate surface area is 129 Å². The molecule has 1 aliphatic rings. The van der Waals surface area contributed by atoms with E-state index in [9.17, 15) is 18.0 Å². The Kier molecular flexibility index (Phi) is 5.18. The van der Waals surface area contributed by atoms with Gasteiger partial charge >= 0.3 is 5.97 Å². The van der Waals surface area contributed by atoms with Crippen molar-refractivity contribution >= 4 is 21.7 Å². The highest BCUT2D eigenvalue weighted by atomic mass is 32.2. The minimum Gasteiger partial charge on any atom is -0.481 e. The molecule has 2 N–H and O–H groups in total. The first-order chi connectivity index (χ1) is 10.4. The number of aliphatic carboxylic acids is 1. The first-order valence-corrected chi connectivity index (χ1v) is 8.83. The smallest absolute Gasteiger partial charge is 0.306 e. The molecule has 0 saturated heterocycles. The Morgan fingerprint density at radius 1 is 1.14 bits per heavy atom. The highest BCUT2D eigenvalue weighted by Gasteiger charge is 2.33. The van der Waals surface area contributed by atoms with Crippen molar-refractivity contribution in [3.63, 3.8) is 0 Å². The van der Waals surface area contributed by atoms with Gasteiger partial charge in [0.05, 0.1) is 16.6 Å². The van der Waals surface area contributed by atoms with Crippen molar-refractivity contribution in [3.05, 3.63) is 30.3 Å². The van der Waals surface area contributed by atoms with Crippen molar-refractivity contribution in [3.8, 4) is 0 Å². The number of hydrogen-bond donors (Lipinski definition) is 2. The molecule has 0 aliphatic heterocycles. The van der Waals surface area contributed by atoms with Crippen molar-refractivity contribution in [1.82, 2.24) is 5.32 Å². The zero-order valence-corrected chi connectivity index (χ0v) is 12.9. The highest BCUT2D eigenvalue weighted by Crippen LogP contribution is 2.31. The summed E-state index contributed by atoms with van der Waals surface area (Å²) < 4.78 is 24.1. The third-order valence-corrected chi connectivity index (χ3v) is 5.66. The fraction of sp³-hybridized carbons (Fsp3) is 0.467. The Bertz CT molecular complexity index is 641. The van der Waals surface area contributed by atoms with Crippen molar-refractivity contribution < 1.29 is 23.1 Å². The molecule has 2 rings (SSSR count). The quantitative estimate of drug-likeness (QED) is 0.815. The molecule has 7 heteroatoms. The van der Waals surface area contributed by atoms with E-state index in [0.717, 1.165) is 0 Å². The lowest BCUT2D eigenvalue weighted by Crippen LogP contribution is -2.33. The van der Waals surface area contributed by atoms with Crippen LogP contribution in [0, 0.1) is 11.8 Å². The molecule has 2 atom stereocenters. The summed E-state index contributed by atoms with van der Waals surface area (Å²) in [7, 11) is -3.41. The summed E-state index contributed by atoms with van der Waals surface area (Å²) in [5, 5.41) is 11.5. The first kappa shape index (κ1) is 16.5. The minimum absolute atomic E-state index is 0.0320. The van der Waals surface area contributed by atoms with Crippen LogP contribution in [0.15, 0.2) is 35.2 Å². The highest BCUT2D eigenvalue weighted by molar-refractivity contribution is 7.91. The molecule has 1 aromatic carbocycles. The number of carboxylic acids is 1. The molecule has 1 aliphatic carbocycles. The number of hydrogen-bond acceptors (Lipinski definition) is 4. The number of benzene rings is 1. The number of carbonyl (C=O) groups excluding carboxylic acids is 1. The first-order valence-electron chi connectivity index (χ1n) is 7.18. The zero-order valence-electron chi connectivity index (χ0n) is 12.1. The van der Waals surface area contributed by atoms with E-state index in [2.05, 4.69) is 5.32 Å². The van der Waals surface area contributed by atoms with Crippen LogP contribution in [0.4, 0.5) is 0 Å². The molecule has 0 radical (unpaired) electrons. The van der Waals surface area contributed by atoms with Crippen LogP contribution in [-0.2, 0) is 19.4 Å². The second-order valence-electron chi connectivity index (χ2n) is 5.47. The molecular weight excluding hydrogens is 306 g/mol. The van der Waals surface area contributed by atoms with Gasteiger partial charge in [-0.3, -0.25) is 9.59 Å². The summed E-state index contributed by atoms with van der Waals surface area (Å²) in [6.07, 6.45) is 1.36. The number of nitrogens with one attached hydrogen (secondary N) is 1. The fourth-order valence-corrected chi connectivity index (χ4v) is 3.82. The molecule has 22 heavy (non-hydrogen) atoms. The van der Waals surface area contributed by atoms with Gasteiger partial charge in [-0.05, 0) is 31.4 Å². The number of sulfone groups is 1. The minimum atomic E-state index is -3.41. The van der Waals surface area contributed by atoms with Gasteiger partial charge < -0.3 is 10.4 Å². The lowest BCUT2D eigenvalue weighted by atomic mass is 10.0. The summed E-state index contributed by atoms with van der Waals surface area (Å²) >= 11 is 0. The average molecular weight is 325 g/mol. The molecule has 6 nitrogen and oxygen atoms in total. The van der Waals surface area contributed by atoms with Gasteiger partial charge in [0.1, 0.15) is 0 Å². The molecule has 1 saturated carbocycles. The maximum Gasteiger partial charge on any atom is 0.306 e. The number of carbonyl (C=O) groups is 2. The Morgan fingerprint density at radius 2 is 1.77 bits per heavy atom. The van der Waals surface area contributed by atoms with Gasteiger partial charge in [0.2, 0.25) is 5.91 Å². The third-order valence-electron chi connectivity index (χ3n) is 3.93. The van der Waals surface area contributed by atoms with E-state index in [1.54, 1.807) is 18.2 Å². The van der Waals surface area contributed by atoms with E-state index >= 15 is 0 Å². The van der Waals surface area contributed by atoms with Gasteiger partial charge in [0.25, 0.3) is 0 Å². The molecule has 0 bridgehead atoms. The molecule has 120 valence electrons. The molecule has 1 amide bonds. The second-order valence-corrected chi connectivity index (χ2v) is 7.58. The summed E-state index contributed by atoms with van der Waals surface area (Å²) in [5.74, 6) is -2.10. The summed E-state index contributed by atoms with van der Waals surface area (Å²) in [4.78, 5) is 23.0. The Balaban J connectivity index is 1.82. The van der Waals surface area contributed by atoms with E-state index in [4.69, 9.17) is 5.11 Å². The molecule has 0 spiro atoms. The summed E-state index contributed by atoms with van der Waals surface area (Å²) in [6.45, 7) is 0.0320. The van der Waals surface area contributed by atoms with E-state index in [1.165, 1.54) is 12.1 Å². The van der Waals surface area contributed by atoms with Crippen molar-refractivity contribution in [2.75, 3.05) is 12.3 Å². The van der Waals surface area contributed by atoms with Crippen molar-refractivity contribution in [2.24, 2.45) is 11.8 Å². The molecule has 0 aromatic heterocycles. The fourth-order valence-electron chi connectivity index (χ4n) is 2.64. The van der Waals surface area contributed by atoms with E-state index < -0.39 is 21.7 Å². The Morgan fingerprint density at radius 3 is 2.36 bits per heavy atom. The average Bonchev–Trinajstić information content (AvgIpc) is 2.98. The largest absolute Gasteiger partial charge is 0.481 e. The van der Waals surface area contributed by atoms with Crippen LogP contribution in [0.2, 0.25) is 0 Å². The molecule has 0 unspecified atom stereocenters. The van der Waals surface area contributed by atoms with Crippen LogP contribution in [-0.4, -0.2) is 37.7 Å². The maximum atomic E-state index is 12.0. The van der Waals surface area contributed by atoms with Crippen LogP contribution in [0.5, 0.6) is 0 Å². The van der Waals surface area contributed by atoms with Gasteiger partial charge in [-0.25, -0.2) is 8.42 Å². The van der Waals surface area contributed by atoms with Crippen LogP contribution in [0.3, 0.4) is 0 Å². The van der Waals surface area contributed by atoms with Gasteiger partial charge in [-0.2, -0.15) is 0 Å². The van der Waals surface area contributed by atoms with Gasteiger partial charge in [-0.15, -0.1) is 0 Å². The standard InChI is InChI=1S/C15H19NO5S/c17-14(11-6-7-12(10-11)15(18)19)16-8-9-22(20,21)13-4-2-1-3-5-13/h1-5,11-12H,6-10H2,(H,16,17)(H,18,19)/t11-,12+/m0/s1. The van der Waals surface area contributed by atoms with Crippen molar-refractivity contribution in [1.29, 1.82) is 0 Å². The molecule has 0 heterocycles. The Hall–Kier alpha value is -1.89.